The third-order valence-corrected chi connectivity index (χ3v) is 10.7. The quantitative estimate of drug-likeness (QED) is 0.0148. The van der Waals surface area contributed by atoms with Gasteiger partial charge in [-0.1, -0.05) is 138 Å². The molecule has 1 heterocycles. The number of hydrogen-bond donors (Lipinski definition) is 0. The molecule has 0 bridgehead atoms. The molecule has 0 N–H and O–H groups in total. The van der Waals surface area contributed by atoms with E-state index >= 15 is 0 Å². The number of phosphoric ester groups is 1. The first-order valence-corrected chi connectivity index (χ1v) is 24.2. The van der Waals surface area contributed by atoms with Crippen molar-refractivity contribution in [2.24, 2.45) is 0 Å². The van der Waals surface area contributed by atoms with Crippen LogP contribution in [0.25, 0.3) is 0 Å². The number of allylic oxidation sites excluding steroid dienone is 11. The second-order valence-corrected chi connectivity index (χ2v) is 17.8. The zero-order chi connectivity index (χ0) is 43.3. The van der Waals surface area contributed by atoms with Gasteiger partial charge in [-0.05, 0) is 77.0 Å². The Labute approximate surface area is 359 Å². The van der Waals surface area contributed by atoms with Gasteiger partial charge in [-0.2, -0.15) is 0 Å². The average molecular weight is 848 g/mol. The van der Waals surface area contributed by atoms with Crippen LogP contribution in [0.2, 0.25) is 0 Å². The normalized spacial score (nSPS) is 17.7. The van der Waals surface area contributed by atoms with Crippen molar-refractivity contribution in [2.45, 2.75) is 173 Å². The van der Waals surface area contributed by atoms with E-state index in [-0.39, 0.29) is 26.1 Å². The molecule has 0 aromatic heterocycles. The van der Waals surface area contributed by atoms with Crippen LogP contribution in [0, 0.1) is 0 Å². The highest BCUT2D eigenvalue weighted by Crippen LogP contribution is 2.38. The summed E-state index contributed by atoms with van der Waals surface area (Å²) in [5.41, 5.74) is 0. The Bertz CT molecular complexity index is 1300. The molecule has 0 radical (unpaired) electrons. The van der Waals surface area contributed by atoms with Crippen molar-refractivity contribution in [1.29, 1.82) is 0 Å². The van der Waals surface area contributed by atoms with E-state index < -0.39 is 32.5 Å². The van der Waals surface area contributed by atoms with Gasteiger partial charge in [-0.15, -0.1) is 0 Å². The average Bonchev–Trinajstić information content (AvgIpc) is 3.96. The summed E-state index contributed by atoms with van der Waals surface area (Å²) in [4.78, 5) is 37.5. The monoisotopic (exact) mass is 848 g/mol. The van der Waals surface area contributed by atoms with Crippen LogP contribution >= 0.6 is 7.82 Å². The molecule has 0 saturated carbocycles. The number of ether oxygens (including phenoxy) is 3. The number of phosphoric acid groups is 1. The van der Waals surface area contributed by atoms with Crippen LogP contribution in [0.4, 0.5) is 0 Å². The molecule has 338 valence electrons. The molecule has 1 fully saturated rings. The SMILES string of the molecule is CCCCCCCC/C=C\CCCCCCCC(=O)OCC(COP(=O)([O-])OCC[N+](C)(C)C)OC(=O)CC/C=C/C/C=C/C/C=C/C/C=C/C/C=C/CC1OC1CC. The van der Waals surface area contributed by atoms with E-state index in [4.69, 9.17) is 23.3 Å². The van der Waals surface area contributed by atoms with Gasteiger partial charge in [-0.3, -0.25) is 14.2 Å². The summed E-state index contributed by atoms with van der Waals surface area (Å²) >= 11 is 0. The fourth-order valence-electron chi connectivity index (χ4n) is 5.98. The highest BCUT2D eigenvalue weighted by molar-refractivity contribution is 7.45. The van der Waals surface area contributed by atoms with E-state index in [1.54, 1.807) is 0 Å². The fraction of sp³-hybridized carbons (Fsp3) is 0.708. The minimum Gasteiger partial charge on any atom is -0.756 e. The number of hydrogen-bond acceptors (Lipinski definition) is 9. The molecule has 1 rings (SSSR count). The van der Waals surface area contributed by atoms with Crippen molar-refractivity contribution in [1.82, 2.24) is 0 Å². The fourth-order valence-corrected chi connectivity index (χ4v) is 6.70. The molecule has 0 aliphatic carbocycles. The standard InChI is InChI=1S/C48H82NO9P/c1-6-8-9-10-11-12-13-14-16-20-23-26-29-32-35-38-47(50)54-42-44(43-56-59(52,53)55-41-40-49(3,4)5)57-48(51)39-36-33-30-27-24-21-18-15-17-19-22-25-28-31-34-37-46-45(7-2)58-46/h14-17,21-22,24-25,30-31,33-34,44-46H,6-13,18-20,23,26-29,32,35-43H2,1-5H3/b16-14-,17-15+,24-21+,25-22+,33-30+,34-31+. The van der Waals surface area contributed by atoms with Crippen LogP contribution in [0.15, 0.2) is 72.9 Å². The van der Waals surface area contributed by atoms with Crippen molar-refractivity contribution in [3.05, 3.63) is 72.9 Å². The van der Waals surface area contributed by atoms with E-state index in [9.17, 15) is 19.0 Å². The summed E-state index contributed by atoms with van der Waals surface area (Å²) in [6, 6.07) is 0. The van der Waals surface area contributed by atoms with Crippen LogP contribution in [0.5, 0.6) is 0 Å². The maximum Gasteiger partial charge on any atom is 0.306 e. The molecular weight excluding hydrogens is 765 g/mol. The Balaban J connectivity index is 2.32. The molecule has 1 aliphatic rings. The van der Waals surface area contributed by atoms with Gasteiger partial charge in [0.05, 0.1) is 40.0 Å². The van der Waals surface area contributed by atoms with Crippen LogP contribution in [0.1, 0.15) is 155 Å². The van der Waals surface area contributed by atoms with Gasteiger partial charge in [-0.25, -0.2) is 0 Å². The summed E-state index contributed by atoms with van der Waals surface area (Å²) in [6.45, 7) is 4.01. The number of carbonyl (C=O) groups is 2. The summed E-state index contributed by atoms with van der Waals surface area (Å²) < 4.78 is 39.3. The number of quaternary nitrogens is 1. The minimum absolute atomic E-state index is 0.0508. The lowest BCUT2D eigenvalue weighted by atomic mass is 10.1. The van der Waals surface area contributed by atoms with Crippen molar-refractivity contribution in [3.8, 4) is 0 Å². The van der Waals surface area contributed by atoms with Gasteiger partial charge in [0.1, 0.15) is 19.8 Å². The maximum absolute atomic E-state index is 12.7. The van der Waals surface area contributed by atoms with Crippen molar-refractivity contribution in [3.63, 3.8) is 0 Å². The van der Waals surface area contributed by atoms with Crippen LogP contribution in [-0.2, 0) is 37.4 Å². The van der Waals surface area contributed by atoms with E-state index in [0.29, 0.717) is 36.1 Å². The molecule has 10 nitrogen and oxygen atoms in total. The van der Waals surface area contributed by atoms with Gasteiger partial charge in [0.2, 0.25) is 0 Å². The first-order chi connectivity index (χ1) is 28.5. The Hall–Kier alpha value is -2.59. The molecule has 4 unspecified atom stereocenters. The number of rotatable bonds is 39. The van der Waals surface area contributed by atoms with E-state index in [0.717, 1.165) is 70.6 Å². The molecule has 0 spiro atoms. The van der Waals surface area contributed by atoms with E-state index in [2.05, 4.69) is 74.6 Å². The predicted octanol–water partition coefficient (Wildman–Crippen LogP) is 11.4. The molecule has 0 aromatic carbocycles. The molecule has 4 atom stereocenters. The van der Waals surface area contributed by atoms with E-state index in [1.165, 1.54) is 44.9 Å². The number of esters is 2. The molecule has 11 heteroatoms. The van der Waals surface area contributed by atoms with Crippen molar-refractivity contribution < 1.29 is 46.8 Å². The Kier molecular flexibility index (Phi) is 33.3. The topological polar surface area (TPSA) is 124 Å². The second kappa shape index (κ2) is 36.1. The smallest absolute Gasteiger partial charge is 0.306 e. The van der Waals surface area contributed by atoms with Crippen LogP contribution < -0.4 is 4.89 Å². The lowest BCUT2D eigenvalue weighted by molar-refractivity contribution is -0.870. The summed E-state index contributed by atoms with van der Waals surface area (Å²) in [5, 5.41) is 0. The number of unbranched alkanes of at least 4 members (excludes halogenated alkanes) is 11. The molecule has 0 aromatic rings. The highest BCUT2D eigenvalue weighted by atomic mass is 31.2. The van der Waals surface area contributed by atoms with E-state index in [1.807, 2.05) is 33.3 Å². The zero-order valence-electron chi connectivity index (χ0n) is 37.6. The van der Waals surface area contributed by atoms with Crippen molar-refractivity contribution in [2.75, 3.05) is 47.5 Å². The van der Waals surface area contributed by atoms with Crippen molar-refractivity contribution >= 4 is 19.8 Å². The lowest BCUT2D eigenvalue weighted by Gasteiger charge is -2.28. The molecular formula is C48H82NO9P. The highest BCUT2D eigenvalue weighted by Gasteiger charge is 2.35. The Morgan fingerprint density at radius 2 is 1.15 bits per heavy atom. The van der Waals surface area contributed by atoms with Crippen LogP contribution in [0.3, 0.4) is 0 Å². The summed E-state index contributed by atoms with van der Waals surface area (Å²) in [5.74, 6) is -0.952. The number of nitrogens with zero attached hydrogens (tertiary/aromatic N) is 1. The zero-order valence-corrected chi connectivity index (χ0v) is 38.5. The molecule has 1 aliphatic heterocycles. The Morgan fingerprint density at radius 3 is 1.71 bits per heavy atom. The lowest BCUT2D eigenvalue weighted by Crippen LogP contribution is -2.37. The molecule has 59 heavy (non-hydrogen) atoms. The van der Waals surface area contributed by atoms with Gasteiger partial charge in [0.25, 0.3) is 7.82 Å². The maximum atomic E-state index is 12.7. The first-order valence-electron chi connectivity index (χ1n) is 22.8. The van der Waals surface area contributed by atoms with Crippen LogP contribution in [-0.4, -0.2) is 82.2 Å². The second-order valence-electron chi connectivity index (χ2n) is 16.4. The van der Waals surface area contributed by atoms with Gasteiger partial charge in [0.15, 0.2) is 6.10 Å². The number of likely N-dealkylation sites (N-methyl/N-ethyl adjacent to an activating group) is 1. The first kappa shape index (κ1) is 54.4. The van der Waals surface area contributed by atoms with Gasteiger partial charge >= 0.3 is 11.9 Å². The van der Waals surface area contributed by atoms with Gasteiger partial charge in [0, 0.05) is 12.8 Å². The summed E-state index contributed by atoms with van der Waals surface area (Å²) in [7, 11) is 1.10. The molecule has 1 saturated heterocycles. The molecule has 0 amide bonds. The third kappa shape index (κ3) is 36.9. The Morgan fingerprint density at radius 1 is 0.627 bits per heavy atom. The number of epoxide rings is 1. The predicted molar refractivity (Wildman–Crippen MR) is 240 cm³/mol. The minimum atomic E-state index is -4.65. The van der Waals surface area contributed by atoms with Gasteiger partial charge < -0.3 is 32.6 Å². The third-order valence-electron chi connectivity index (χ3n) is 9.70. The largest absolute Gasteiger partial charge is 0.756 e. The number of carbonyl (C=O) groups excluding carboxylic acids is 2. The summed E-state index contributed by atoms with van der Waals surface area (Å²) in [6.07, 6.45) is 47.1.